The highest BCUT2D eigenvalue weighted by Gasteiger charge is 2.32. The fraction of sp³-hybridized carbons (Fsp3) is 0.364. The van der Waals surface area contributed by atoms with E-state index in [1.807, 2.05) is 87.1 Å². The highest BCUT2D eigenvalue weighted by atomic mass is 16.2. The van der Waals surface area contributed by atoms with Crippen LogP contribution >= 0.6 is 0 Å². The first-order valence-electron chi connectivity index (χ1n) is 9.20. The molecule has 5 nitrogen and oxygen atoms in total. The molecule has 0 bridgehead atoms. The van der Waals surface area contributed by atoms with Gasteiger partial charge in [0.25, 0.3) is 5.91 Å². The first-order chi connectivity index (χ1) is 12.7. The van der Waals surface area contributed by atoms with Crippen LogP contribution in [0, 0.1) is 5.41 Å². The number of amides is 2. The minimum absolute atomic E-state index is 0.101. The summed E-state index contributed by atoms with van der Waals surface area (Å²) in [5.74, 6) is -0.0593. The third kappa shape index (κ3) is 3.97. The van der Waals surface area contributed by atoms with Crippen molar-refractivity contribution in [3.05, 3.63) is 53.6 Å². The van der Waals surface area contributed by atoms with Gasteiger partial charge < -0.3 is 15.1 Å². The molecule has 2 aromatic rings. The molecule has 1 N–H and O–H groups in total. The average Bonchev–Trinajstić information content (AvgIpc) is 3.03. The summed E-state index contributed by atoms with van der Waals surface area (Å²) in [6.45, 7) is 6.47. The van der Waals surface area contributed by atoms with Crippen LogP contribution in [0.3, 0.4) is 0 Å². The van der Waals surface area contributed by atoms with E-state index in [2.05, 4.69) is 5.32 Å². The number of hydrogen-bond acceptors (Lipinski definition) is 3. The molecule has 0 radical (unpaired) electrons. The Hall–Kier alpha value is -2.82. The Labute approximate surface area is 161 Å². The fourth-order valence-electron chi connectivity index (χ4n) is 3.19. The lowest BCUT2D eigenvalue weighted by molar-refractivity contribution is -0.125. The van der Waals surface area contributed by atoms with Crippen molar-refractivity contribution in [2.75, 3.05) is 35.8 Å². The van der Waals surface area contributed by atoms with Crippen LogP contribution in [0.15, 0.2) is 42.5 Å². The van der Waals surface area contributed by atoms with Crippen LogP contribution in [0.2, 0.25) is 0 Å². The lowest BCUT2D eigenvalue weighted by Crippen LogP contribution is -2.38. The van der Waals surface area contributed by atoms with Gasteiger partial charge in [-0.05, 0) is 48.4 Å². The second-order valence-electron chi connectivity index (χ2n) is 8.20. The molecular weight excluding hydrogens is 338 g/mol. The van der Waals surface area contributed by atoms with Gasteiger partial charge in [-0.15, -0.1) is 0 Å². The second kappa shape index (κ2) is 7.06. The monoisotopic (exact) mass is 365 g/mol. The van der Waals surface area contributed by atoms with Gasteiger partial charge >= 0.3 is 0 Å². The Kier molecular flexibility index (Phi) is 4.96. The van der Waals surface area contributed by atoms with Crippen LogP contribution < -0.4 is 15.1 Å². The number of benzene rings is 2. The number of carbonyl (C=O) groups excluding carboxylic acids is 2. The minimum Gasteiger partial charge on any atom is -0.378 e. The van der Waals surface area contributed by atoms with Gasteiger partial charge in [0.15, 0.2) is 0 Å². The van der Waals surface area contributed by atoms with Gasteiger partial charge in [0.1, 0.15) is 0 Å². The molecule has 142 valence electrons. The third-order valence-corrected chi connectivity index (χ3v) is 4.77. The average molecular weight is 365 g/mol. The summed E-state index contributed by atoms with van der Waals surface area (Å²) < 4.78 is 0. The predicted octanol–water partition coefficient (Wildman–Crippen LogP) is 3.94. The smallest absolute Gasteiger partial charge is 0.255 e. The minimum atomic E-state index is -0.435. The Balaban J connectivity index is 1.79. The molecule has 5 heteroatoms. The van der Waals surface area contributed by atoms with Crippen LogP contribution in [0.1, 0.15) is 36.7 Å². The van der Waals surface area contributed by atoms with Crippen molar-refractivity contribution < 1.29 is 9.59 Å². The number of hydrogen-bond donors (Lipinski definition) is 1. The third-order valence-electron chi connectivity index (χ3n) is 4.77. The van der Waals surface area contributed by atoms with Crippen LogP contribution in [-0.2, 0) is 11.2 Å². The van der Waals surface area contributed by atoms with Crippen molar-refractivity contribution in [1.82, 2.24) is 0 Å². The van der Waals surface area contributed by atoms with Crippen LogP contribution in [-0.4, -0.2) is 32.5 Å². The molecule has 1 aliphatic heterocycles. The van der Waals surface area contributed by atoms with E-state index in [4.69, 9.17) is 0 Å². The van der Waals surface area contributed by atoms with Gasteiger partial charge in [-0.1, -0.05) is 26.8 Å². The zero-order valence-corrected chi connectivity index (χ0v) is 16.7. The number of nitrogens with one attached hydrogen (secondary N) is 1. The van der Waals surface area contributed by atoms with Gasteiger partial charge in [0, 0.05) is 48.7 Å². The number of fused-ring (bicyclic) bond motifs is 1. The zero-order chi connectivity index (χ0) is 19.8. The summed E-state index contributed by atoms with van der Waals surface area (Å²) in [5, 5.41) is 2.94. The van der Waals surface area contributed by atoms with Gasteiger partial charge in [-0.25, -0.2) is 0 Å². The van der Waals surface area contributed by atoms with Crippen molar-refractivity contribution in [3.63, 3.8) is 0 Å². The summed E-state index contributed by atoms with van der Waals surface area (Å²) in [6.07, 6.45) is 0.845. The van der Waals surface area contributed by atoms with E-state index < -0.39 is 5.41 Å². The number of nitrogens with zero attached hydrogens (tertiary/aromatic N) is 2. The Morgan fingerprint density at radius 3 is 2.30 bits per heavy atom. The van der Waals surface area contributed by atoms with Crippen molar-refractivity contribution in [3.8, 4) is 0 Å². The number of anilines is 3. The summed E-state index contributed by atoms with van der Waals surface area (Å²) in [4.78, 5) is 29.1. The second-order valence-corrected chi connectivity index (χ2v) is 8.20. The Morgan fingerprint density at radius 2 is 1.70 bits per heavy atom. The maximum absolute atomic E-state index is 12.7. The highest BCUT2D eigenvalue weighted by Crippen LogP contribution is 2.34. The maximum Gasteiger partial charge on any atom is 0.255 e. The van der Waals surface area contributed by atoms with Crippen molar-refractivity contribution >= 4 is 28.9 Å². The standard InChI is InChI=1S/C22H27N3O2/c1-22(2,3)21(27)25-13-12-15-6-9-17(14-19(15)25)23-20(26)16-7-10-18(11-8-16)24(4)5/h6-11,14H,12-13H2,1-5H3,(H,23,26). The van der Waals surface area contributed by atoms with E-state index in [0.29, 0.717) is 17.8 Å². The predicted molar refractivity (Wildman–Crippen MR) is 111 cm³/mol. The molecule has 0 aliphatic carbocycles. The van der Waals surface area contributed by atoms with E-state index in [1.165, 1.54) is 0 Å². The fourth-order valence-corrected chi connectivity index (χ4v) is 3.19. The lowest BCUT2D eigenvalue weighted by Gasteiger charge is -2.26. The van der Waals surface area contributed by atoms with Gasteiger partial charge in [-0.3, -0.25) is 9.59 Å². The summed E-state index contributed by atoms with van der Waals surface area (Å²) >= 11 is 0. The Morgan fingerprint density at radius 1 is 1.04 bits per heavy atom. The summed E-state index contributed by atoms with van der Waals surface area (Å²) in [7, 11) is 3.93. The first-order valence-corrected chi connectivity index (χ1v) is 9.20. The van der Waals surface area contributed by atoms with E-state index in [-0.39, 0.29) is 11.8 Å². The van der Waals surface area contributed by atoms with Gasteiger partial charge in [0.2, 0.25) is 5.91 Å². The molecule has 2 amide bonds. The summed E-state index contributed by atoms with van der Waals surface area (Å²) in [5.41, 5.74) is 3.94. The van der Waals surface area contributed by atoms with Gasteiger partial charge in [-0.2, -0.15) is 0 Å². The molecule has 0 unspecified atom stereocenters. The normalized spacial score (nSPS) is 13.3. The number of carbonyl (C=O) groups is 2. The molecule has 0 saturated heterocycles. The molecule has 0 saturated carbocycles. The van der Waals surface area contributed by atoms with Gasteiger partial charge in [0.05, 0.1) is 0 Å². The molecule has 0 spiro atoms. The molecule has 27 heavy (non-hydrogen) atoms. The highest BCUT2D eigenvalue weighted by molar-refractivity contribution is 6.05. The molecule has 0 fully saturated rings. The van der Waals surface area contributed by atoms with Crippen LogP contribution in [0.25, 0.3) is 0 Å². The Bertz CT molecular complexity index is 864. The van der Waals surface area contributed by atoms with Crippen molar-refractivity contribution in [2.45, 2.75) is 27.2 Å². The maximum atomic E-state index is 12.7. The van der Waals surface area contributed by atoms with E-state index in [1.54, 1.807) is 0 Å². The van der Waals surface area contributed by atoms with Crippen LogP contribution in [0.5, 0.6) is 0 Å². The zero-order valence-electron chi connectivity index (χ0n) is 16.7. The molecular formula is C22H27N3O2. The number of rotatable bonds is 3. The quantitative estimate of drug-likeness (QED) is 0.896. The lowest BCUT2D eigenvalue weighted by atomic mass is 9.94. The first kappa shape index (κ1) is 19.0. The SMILES string of the molecule is CN(C)c1ccc(C(=O)Nc2ccc3c(c2)N(C(=O)C(C)(C)C)CC3)cc1. The van der Waals surface area contributed by atoms with Crippen LogP contribution in [0.4, 0.5) is 17.1 Å². The molecule has 0 aromatic heterocycles. The molecule has 2 aromatic carbocycles. The summed E-state index contributed by atoms with van der Waals surface area (Å²) in [6, 6.07) is 13.3. The molecule has 0 atom stereocenters. The van der Waals surface area contributed by atoms with Crippen molar-refractivity contribution in [1.29, 1.82) is 0 Å². The molecule has 1 aliphatic rings. The largest absolute Gasteiger partial charge is 0.378 e. The van der Waals surface area contributed by atoms with E-state index in [9.17, 15) is 9.59 Å². The molecule has 1 heterocycles. The topological polar surface area (TPSA) is 52.7 Å². The molecule has 3 rings (SSSR count). The van der Waals surface area contributed by atoms with E-state index in [0.717, 1.165) is 23.4 Å². The van der Waals surface area contributed by atoms with E-state index >= 15 is 0 Å². The van der Waals surface area contributed by atoms with Crippen molar-refractivity contribution in [2.24, 2.45) is 5.41 Å².